The number of likely N-dealkylation sites (tertiary alicyclic amines) is 1. The van der Waals surface area contributed by atoms with Crippen molar-refractivity contribution >= 4 is 6.09 Å². The molecule has 1 N–H and O–H groups in total. The van der Waals surface area contributed by atoms with Crippen LogP contribution < -0.4 is 0 Å². The van der Waals surface area contributed by atoms with Crippen LogP contribution in [0.5, 0.6) is 0 Å². The lowest BCUT2D eigenvalue weighted by Gasteiger charge is -2.35. The number of carboxylic acid groups (broad SMARTS) is 1. The first-order chi connectivity index (χ1) is 10.9. The van der Waals surface area contributed by atoms with Gasteiger partial charge in [0.15, 0.2) is 0 Å². The van der Waals surface area contributed by atoms with Crippen LogP contribution in [0.3, 0.4) is 0 Å². The zero-order chi connectivity index (χ0) is 16.6. The first-order valence-electron chi connectivity index (χ1n) is 7.78. The molecule has 1 amide bonds. The number of benzene rings is 1. The predicted molar refractivity (Wildman–Crippen MR) is 84.8 cm³/mol. The molecule has 1 aliphatic heterocycles. The number of nitrogens with zero attached hydrogens (tertiary/aromatic N) is 3. The van der Waals surface area contributed by atoms with Gasteiger partial charge < -0.3 is 9.63 Å². The SMILES string of the molecule is CC(C)(C)C1CCC(c2nc(-c3ccccc3)no2)N1C(=O)O. The Hall–Kier alpha value is -2.37. The van der Waals surface area contributed by atoms with Gasteiger partial charge in [0.2, 0.25) is 11.7 Å². The third-order valence-corrected chi connectivity index (χ3v) is 4.36. The standard InChI is InChI=1S/C17H21N3O3/c1-17(2,3)13-10-9-12(20(13)16(21)22)15-18-14(19-23-15)11-7-5-4-6-8-11/h4-8,12-13H,9-10H2,1-3H3,(H,21,22). The largest absolute Gasteiger partial charge is 0.465 e. The van der Waals surface area contributed by atoms with Crippen molar-refractivity contribution in [1.29, 1.82) is 0 Å². The van der Waals surface area contributed by atoms with E-state index in [1.807, 2.05) is 30.3 Å². The van der Waals surface area contributed by atoms with Crippen molar-refractivity contribution in [2.45, 2.75) is 45.7 Å². The van der Waals surface area contributed by atoms with Crippen LogP contribution >= 0.6 is 0 Å². The molecule has 3 rings (SSSR count). The fourth-order valence-electron chi connectivity index (χ4n) is 3.25. The van der Waals surface area contributed by atoms with Crippen LogP contribution in [0.25, 0.3) is 11.4 Å². The molecular formula is C17H21N3O3. The van der Waals surface area contributed by atoms with E-state index < -0.39 is 6.09 Å². The summed E-state index contributed by atoms with van der Waals surface area (Å²) in [4.78, 5) is 17.7. The van der Waals surface area contributed by atoms with Crippen molar-refractivity contribution in [3.05, 3.63) is 36.2 Å². The summed E-state index contributed by atoms with van der Waals surface area (Å²) in [7, 11) is 0. The molecule has 1 aromatic carbocycles. The maximum Gasteiger partial charge on any atom is 0.408 e. The minimum absolute atomic E-state index is 0.0583. The fourth-order valence-corrected chi connectivity index (χ4v) is 3.25. The molecule has 1 fully saturated rings. The number of hydrogen-bond acceptors (Lipinski definition) is 4. The second-order valence-corrected chi connectivity index (χ2v) is 6.99. The molecule has 0 aliphatic carbocycles. The Kier molecular flexibility index (Phi) is 3.83. The van der Waals surface area contributed by atoms with Crippen LogP contribution in [0, 0.1) is 5.41 Å². The molecule has 2 aromatic rings. The quantitative estimate of drug-likeness (QED) is 0.907. The number of rotatable bonds is 2. The van der Waals surface area contributed by atoms with Gasteiger partial charge in [-0.3, -0.25) is 4.90 Å². The molecular weight excluding hydrogens is 294 g/mol. The zero-order valence-corrected chi connectivity index (χ0v) is 13.6. The summed E-state index contributed by atoms with van der Waals surface area (Å²) in [5.41, 5.74) is 0.727. The van der Waals surface area contributed by atoms with Crippen LogP contribution in [0.15, 0.2) is 34.9 Å². The van der Waals surface area contributed by atoms with E-state index in [0.717, 1.165) is 12.0 Å². The minimum Gasteiger partial charge on any atom is -0.465 e. The van der Waals surface area contributed by atoms with E-state index in [1.165, 1.54) is 4.90 Å². The maximum atomic E-state index is 11.8. The summed E-state index contributed by atoms with van der Waals surface area (Å²) in [5, 5.41) is 13.6. The van der Waals surface area contributed by atoms with Gasteiger partial charge >= 0.3 is 6.09 Å². The molecule has 6 nitrogen and oxygen atoms in total. The molecule has 1 saturated heterocycles. The average Bonchev–Trinajstić information content (AvgIpc) is 3.14. The molecule has 0 radical (unpaired) electrons. The van der Waals surface area contributed by atoms with E-state index in [1.54, 1.807) is 0 Å². The van der Waals surface area contributed by atoms with E-state index in [0.29, 0.717) is 18.1 Å². The van der Waals surface area contributed by atoms with Gasteiger partial charge in [0, 0.05) is 11.6 Å². The lowest BCUT2D eigenvalue weighted by molar-refractivity contribution is 0.0787. The first kappa shape index (κ1) is 15.5. The number of aromatic nitrogens is 2. The van der Waals surface area contributed by atoms with Crippen molar-refractivity contribution in [2.24, 2.45) is 5.41 Å². The Labute approximate surface area is 135 Å². The summed E-state index contributed by atoms with van der Waals surface area (Å²) in [5.74, 6) is 0.864. The highest BCUT2D eigenvalue weighted by molar-refractivity contribution is 5.66. The Morgan fingerprint density at radius 2 is 1.96 bits per heavy atom. The molecule has 6 heteroatoms. The molecule has 2 heterocycles. The van der Waals surface area contributed by atoms with Crippen molar-refractivity contribution in [3.63, 3.8) is 0 Å². The van der Waals surface area contributed by atoms with Crippen molar-refractivity contribution in [2.75, 3.05) is 0 Å². The van der Waals surface area contributed by atoms with Gasteiger partial charge in [-0.25, -0.2) is 4.79 Å². The van der Waals surface area contributed by atoms with Gasteiger partial charge in [-0.05, 0) is 18.3 Å². The summed E-state index contributed by atoms with van der Waals surface area (Å²) < 4.78 is 5.38. The van der Waals surface area contributed by atoms with Crippen LogP contribution in [-0.2, 0) is 0 Å². The van der Waals surface area contributed by atoms with Crippen LogP contribution in [-0.4, -0.2) is 32.3 Å². The molecule has 1 aromatic heterocycles. The molecule has 23 heavy (non-hydrogen) atoms. The molecule has 122 valence electrons. The Bertz CT molecular complexity index is 691. The Balaban J connectivity index is 1.90. The second kappa shape index (κ2) is 5.68. The summed E-state index contributed by atoms with van der Waals surface area (Å²) in [6.45, 7) is 6.16. The van der Waals surface area contributed by atoms with Gasteiger partial charge in [0.1, 0.15) is 6.04 Å². The van der Waals surface area contributed by atoms with Gasteiger partial charge in [0.05, 0.1) is 0 Å². The third kappa shape index (κ3) is 2.93. The average molecular weight is 315 g/mol. The van der Waals surface area contributed by atoms with Gasteiger partial charge in [0.25, 0.3) is 0 Å². The topological polar surface area (TPSA) is 79.5 Å². The van der Waals surface area contributed by atoms with Gasteiger partial charge in [-0.1, -0.05) is 56.3 Å². The van der Waals surface area contributed by atoms with Crippen molar-refractivity contribution in [1.82, 2.24) is 15.0 Å². The molecule has 0 saturated carbocycles. The molecule has 2 atom stereocenters. The smallest absolute Gasteiger partial charge is 0.408 e. The van der Waals surface area contributed by atoms with Gasteiger partial charge in [-0.15, -0.1) is 0 Å². The maximum absolute atomic E-state index is 11.8. The van der Waals surface area contributed by atoms with Crippen LogP contribution in [0.1, 0.15) is 45.5 Å². The van der Waals surface area contributed by atoms with E-state index in [9.17, 15) is 9.90 Å². The molecule has 1 aliphatic rings. The summed E-state index contributed by atoms with van der Waals surface area (Å²) >= 11 is 0. The lowest BCUT2D eigenvalue weighted by atomic mass is 9.85. The van der Waals surface area contributed by atoms with E-state index in [-0.39, 0.29) is 17.5 Å². The predicted octanol–water partition coefficient (Wildman–Crippen LogP) is 3.97. The zero-order valence-electron chi connectivity index (χ0n) is 13.6. The molecule has 0 bridgehead atoms. The number of hydrogen-bond donors (Lipinski definition) is 1. The lowest BCUT2D eigenvalue weighted by Crippen LogP contribution is -2.43. The van der Waals surface area contributed by atoms with Crippen molar-refractivity contribution in [3.8, 4) is 11.4 Å². The molecule has 2 unspecified atom stereocenters. The number of amides is 1. The third-order valence-electron chi connectivity index (χ3n) is 4.36. The summed E-state index contributed by atoms with van der Waals surface area (Å²) in [6, 6.07) is 9.09. The Morgan fingerprint density at radius 1 is 1.26 bits per heavy atom. The monoisotopic (exact) mass is 315 g/mol. The van der Waals surface area contributed by atoms with E-state index in [4.69, 9.17) is 4.52 Å². The second-order valence-electron chi connectivity index (χ2n) is 6.99. The van der Waals surface area contributed by atoms with Gasteiger partial charge in [-0.2, -0.15) is 4.98 Å². The van der Waals surface area contributed by atoms with Crippen LogP contribution in [0.4, 0.5) is 4.79 Å². The van der Waals surface area contributed by atoms with Crippen LogP contribution in [0.2, 0.25) is 0 Å². The minimum atomic E-state index is -0.938. The highest BCUT2D eigenvalue weighted by atomic mass is 16.5. The van der Waals surface area contributed by atoms with E-state index in [2.05, 4.69) is 30.9 Å². The first-order valence-corrected chi connectivity index (χ1v) is 7.78. The Morgan fingerprint density at radius 3 is 2.57 bits per heavy atom. The van der Waals surface area contributed by atoms with Crippen molar-refractivity contribution < 1.29 is 14.4 Å². The fraction of sp³-hybridized carbons (Fsp3) is 0.471. The summed E-state index contributed by atoms with van der Waals surface area (Å²) in [6.07, 6.45) is 0.556. The molecule has 0 spiro atoms. The highest BCUT2D eigenvalue weighted by Crippen LogP contribution is 2.42. The van der Waals surface area contributed by atoms with E-state index >= 15 is 0 Å². The normalized spacial score (nSPS) is 21.6. The number of carbonyl (C=O) groups is 1. The highest BCUT2D eigenvalue weighted by Gasteiger charge is 2.45.